The number of hydrogen-bond acceptors (Lipinski definition) is 4. The van der Waals surface area contributed by atoms with E-state index in [1.165, 1.54) is 18.9 Å². The van der Waals surface area contributed by atoms with Crippen LogP contribution >= 0.6 is 0 Å². The van der Waals surface area contributed by atoms with Crippen molar-refractivity contribution in [2.45, 2.75) is 26.7 Å². The first-order valence-corrected chi connectivity index (χ1v) is 6.98. The summed E-state index contributed by atoms with van der Waals surface area (Å²) in [6.45, 7) is 4.86. The van der Waals surface area contributed by atoms with E-state index in [2.05, 4.69) is 0 Å². The summed E-state index contributed by atoms with van der Waals surface area (Å²) < 4.78 is 10.7. The predicted molar refractivity (Wildman–Crippen MR) is 79.5 cm³/mol. The quantitative estimate of drug-likeness (QED) is 0.492. The first-order valence-electron chi connectivity index (χ1n) is 6.98. The normalized spacial score (nSPS) is 14.5. The first-order chi connectivity index (χ1) is 9.60. The minimum atomic E-state index is -0.368. The maximum Gasteiger partial charge on any atom is 0.330 e. The number of benzene rings is 1. The molecule has 0 aliphatic heterocycles. The van der Waals surface area contributed by atoms with Gasteiger partial charge in [0.2, 0.25) is 0 Å². The van der Waals surface area contributed by atoms with E-state index in [0.29, 0.717) is 18.2 Å². The topological polar surface area (TPSA) is 61.5 Å². The number of nitrogens with two attached hydrogens (primary N) is 1. The molecule has 0 radical (unpaired) electrons. The Labute approximate surface area is 119 Å². The Morgan fingerprint density at radius 3 is 2.85 bits per heavy atom. The third-order valence-electron chi connectivity index (χ3n) is 3.24. The molecule has 0 aromatic heterocycles. The van der Waals surface area contributed by atoms with Crippen LogP contribution < -0.4 is 10.5 Å². The number of carbonyl (C=O) groups excluding carboxylic acids is 1. The maximum atomic E-state index is 11.3. The SMILES string of the molecule is CCOC(=O)/C=C/c1cc(OCC2CC2)c(C)cc1N. The molecule has 2 rings (SSSR count). The summed E-state index contributed by atoms with van der Waals surface area (Å²) >= 11 is 0. The highest BCUT2D eigenvalue weighted by Crippen LogP contribution is 2.31. The van der Waals surface area contributed by atoms with E-state index in [0.717, 1.165) is 23.5 Å². The minimum Gasteiger partial charge on any atom is -0.493 e. The average molecular weight is 275 g/mol. The number of carbonyl (C=O) groups is 1. The van der Waals surface area contributed by atoms with Crippen LogP contribution in [0.15, 0.2) is 18.2 Å². The van der Waals surface area contributed by atoms with E-state index in [4.69, 9.17) is 15.2 Å². The van der Waals surface area contributed by atoms with Gasteiger partial charge in [-0.3, -0.25) is 0 Å². The Kier molecular flexibility index (Phi) is 4.66. The number of ether oxygens (including phenoxy) is 2. The molecule has 2 N–H and O–H groups in total. The molecule has 1 aliphatic rings. The molecule has 0 saturated heterocycles. The Hall–Kier alpha value is -1.97. The Morgan fingerprint density at radius 2 is 2.20 bits per heavy atom. The van der Waals surface area contributed by atoms with Crippen molar-refractivity contribution in [1.29, 1.82) is 0 Å². The number of anilines is 1. The van der Waals surface area contributed by atoms with Crippen LogP contribution in [0.2, 0.25) is 0 Å². The standard InChI is InChI=1S/C16H21NO3/c1-3-19-16(18)7-6-13-9-15(11(2)8-14(13)17)20-10-12-4-5-12/h6-9,12H,3-5,10,17H2,1-2H3/b7-6+. The summed E-state index contributed by atoms with van der Waals surface area (Å²) in [5.74, 6) is 1.16. The second kappa shape index (κ2) is 6.46. The summed E-state index contributed by atoms with van der Waals surface area (Å²) in [6.07, 6.45) is 5.55. The van der Waals surface area contributed by atoms with Crippen LogP contribution in [-0.2, 0) is 9.53 Å². The Morgan fingerprint density at radius 1 is 1.45 bits per heavy atom. The zero-order valence-electron chi connectivity index (χ0n) is 12.0. The highest BCUT2D eigenvalue weighted by atomic mass is 16.5. The molecule has 108 valence electrons. The van der Waals surface area contributed by atoms with Crippen LogP contribution in [0, 0.1) is 12.8 Å². The first kappa shape index (κ1) is 14.4. The van der Waals surface area contributed by atoms with Crippen molar-refractivity contribution in [1.82, 2.24) is 0 Å². The molecule has 1 fully saturated rings. The van der Waals surface area contributed by atoms with Crippen LogP contribution in [0.5, 0.6) is 5.75 Å². The number of esters is 1. The van der Waals surface area contributed by atoms with Gasteiger partial charge in [0, 0.05) is 17.3 Å². The maximum absolute atomic E-state index is 11.3. The fourth-order valence-electron chi connectivity index (χ4n) is 1.87. The molecule has 0 bridgehead atoms. The number of hydrogen-bond donors (Lipinski definition) is 1. The van der Waals surface area contributed by atoms with Gasteiger partial charge in [-0.2, -0.15) is 0 Å². The van der Waals surface area contributed by atoms with Crippen LogP contribution in [0.25, 0.3) is 6.08 Å². The van der Waals surface area contributed by atoms with E-state index in [1.54, 1.807) is 13.0 Å². The summed E-state index contributed by atoms with van der Waals surface area (Å²) in [7, 11) is 0. The number of nitrogen functional groups attached to an aromatic ring is 1. The molecule has 0 amide bonds. The van der Waals surface area contributed by atoms with E-state index >= 15 is 0 Å². The molecule has 0 unspecified atom stereocenters. The van der Waals surface area contributed by atoms with Crippen LogP contribution in [-0.4, -0.2) is 19.2 Å². The van der Waals surface area contributed by atoms with E-state index in [9.17, 15) is 4.79 Å². The van der Waals surface area contributed by atoms with E-state index in [-0.39, 0.29) is 5.97 Å². The molecule has 1 saturated carbocycles. The molecule has 20 heavy (non-hydrogen) atoms. The second-order valence-electron chi connectivity index (χ2n) is 5.09. The highest BCUT2D eigenvalue weighted by Gasteiger charge is 2.22. The van der Waals surface area contributed by atoms with Crippen LogP contribution in [0.4, 0.5) is 5.69 Å². The van der Waals surface area contributed by atoms with E-state index in [1.807, 2.05) is 19.1 Å². The van der Waals surface area contributed by atoms with Crippen molar-refractivity contribution in [2.75, 3.05) is 18.9 Å². The van der Waals surface area contributed by atoms with Gasteiger partial charge < -0.3 is 15.2 Å². The van der Waals surface area contributed by atoms with Gasteiger partial charge in [-0.15, -0.1) is 0 Å². The highest BCUT2D eigenvalue weighted by molar-refractivity contribution is 5.88. The van der Waals surface area contributed by atoms with Gasteiger partial charge >= 0.3 is 5.97 Å². The van der Waals surface area contributed by atoms with Crippen molar-refractivity contribution in [3.05, 3.63) is 29.3 Å². The Bertz CT molecular complexity index is 519. The predicted octanol–water partition coefficient (Wildman–Crippen LogP) is 2.94. The Balaban J connectivity index is 2.10. The second-order valence-corrected chi connectivity index (χ2v) is 5.09. The van der Waals surface area contributed by atoms with Gasteiger partial charge in [-0.1, -0.05) is 0 Å². The molecule has 1 aromatic carbocycles. The van der Waals surface area contributed by atoms with Gasteiger partial charge in [0.1, 0.15) is 5.75 Å². The monoisotopic (exact) mass is 275 g/mol. The number of aryl methyl sites for hydroxylation is 1. The van der Waals surface area contributed by atoms with Crippen molar-refractivity contribution in [3.8, 4) is 5.75 Å². The molecule has 0 atom stereocenters. The lowest BCUT2D eigenvalue weighted by Gasteiger charge is -2.11. The van der Waals surface area contributed by atoms with Gasteiger partial charge in [0.25, 0.3) is 0 Å². The smallest absolute Gasteiger partial charge is 0.330 e. The molecule has 0 heterocycles. The zero-order valence-corrected chi connectivity index (χ0v) is 12.0. The van der Waals surface area contributed by atoms with Crippen molar-refractivity contribution in [2.24, 2.45) is 5.92 Å². The molecule has 4 heteroatoms. The lowest BCUT2D eigenvalue weighted by atomic mass is 10.1. The van der Waals surface area contributed by atoms with Gasteiger partial charge in [-0.05, 0) is 56.4 Å². The summed E-state index contributed by atoms with van der Waals surface area (Å²) in [4.78, 5) is 11.3. The van der Waals surface area contributed by atoms with Crippen molar-refractivity contribution < 1.29 is 14.3 Å². The lowest BCUT2D eigenvalue weighted by Crippen LogP contribution is -2.02. The van der Waals surface area contributed by atoms with Crippen LogP contribution in [0.1, 0.15) is 30.9 Å². The molecule has 1 aliphatic carbocycles. The van der Waals surface area contributed by atoms with Crippen LogP contribution in [0.3, 0.4) is 0 Å². The van der Waals surface area contributed by atoms with Crippen molar-refractivity contribution in [3.63, 3.8) is 0 Å². The minimum absolute atomic E-state index is 0.363. The molecular weight excluding hydrogens is 254 g/mol. The van der Waals surface area contributed by atoms with Gasteiger partial charge in [0.05, 0.1) is 13.2 Å². The summed E-state index contributed by atoms with van der Waals surface area (Å²) in [5, 5.41) is 0. The van der Waals surface area contributed by atoms with E-state index < -0.39 is 0 Å². The number of rotatable bonds is 6. The third kappa shape index (κ3) is 4.02. The summed E-state index contributed by atoms with van der Waals surface area (Å²) in [5.41, 5.74) is 8.37. The lowest BCUT2D eigenvalue weighted by molar-refractivity contribution is -0.137. The fourth-order valence-corrected chi connectivity index (χ4v) is 1.87. The summed E-state index contributed by atoms with van der Waals surface area (Å²) in [6, 6.07) is 3.75. The largest absolute Gasteiger partial charge is 0.493 e. The molecule has 1 aromatic rings. The molecule has 4 nitrogen and oxygen atoms in total. The average Bonchev–Trinajstić information content (AvgIpc) is 3.21. The van der Waals surface area contributed by atoms with Crippen molar-refractivity contribution >= 4 is 17.7 Å². The molecule has 0 spiro atoms. The zero-order chi connectivity index (χ0) is 14.5. The third-order valence-corrected chi connectivity index (χ3v) is 3.24. The molecular formula is C16H21NO3. The van der Waals surface area contributed by atoms with Gasteiger partial charge in [-0.25, -0.2) is 4.79 Å². The fraction of sp³-hybridized carbons (Fsp3) is 0.438. The van der Waals surface area contributed by atoms with Gasteiger partial charge in [0.15, 0.2) is 0 Å².